The minimum absolute atomic E-state index is 0.194. The summed E-state index contributed by atoms with van der Waals surface area (Å²) in [5, 5.41) is 0. The number of rotatable bonds is 8. The topological polar surface area (TPSA) is 121 Å². The van der Waals surface area contributed by atoms with Crippen molar-refractivity contribution in [3.63, 3.8) is 0 Å². The van der Waals surface area contributed by atoms with Crippen LogP contribution >= 0.6 is 31.9 Å². The number of halogens is 2. The van der Waals surface area contributed by atoms with Gasteiger partial charge in [-0.2, -0.15) is 0 Å². The fourth-order valence-corrected chi connectivity index (χ4v) is 7.38. The molecule has 3 aromatic rings. The normalized spacial score (nSPS) is 26.4. The largest absolute Gasteiger partial charge is 0.456 e. The first kappa shape index (κ1) is 35.5. The summed E-state index contributed by atoms with van der Waals surface area (Å²) < 4.78 is 13.3. The summed E-state index contributed by atoms with van der Waals surface area (Å²) in [5.41, 5.74) is -3.90. The second-order valence-corrected chi connectivity index (χ2v) is 16.0. The zero-order valence-electron chi connectivity index (χ0n) is 27.5. The van der Waals surface area contributed by atoms with Crippen LogP contribution in [0.1, 0.15) is 98.4 Å². The lowest BCUT2D eigenvalue weighted by Crippen LogP contribution is -2.54. The molecule has 8 nitrogen and oxygen atoms in total. The zero-order valence-corrected chi connectivity index (χ0v) is 30.7. The van der Waals surface area contributed by atoms with Crippen molar-refractivity contribution in [1.82, 2.24) is 0 Å². The van der Waals surface area contributed by atoms with Gasteiger partial charge in [-0.25, -0.2) is 0 Å². The number of carbonyl (C=O) groups excluding carboxylic acids is 6. The molecule has 2 fully saturated rings. The number of esters is 2. The van der Waals surface area contributed by atoms with E-state index >= 15 is 0 Å². The van der Waals surface area contributed by atoms with E-state index in [1.165, 1.54) is 38.1 Å². The third-order valence-corrected chi connectivity index (χ3v) is 10.8. The predicted molar refractivity (Wildman–Crippen MR) is 184 cm³/mol. The number of benzene rings is 3. The molecule has 3 aromatic carbocycles. The van der Waals surface area contributed by atoms with E-state index < -0.39 is 81.8 Å². The maximum atomic E-state index is 13.8. The van der Waals surface area contributed by atoms with Crippen molar-refractivity contribution in [2.24, 2.45) is 21.7 Å². The van der Waals surface area contributed by atoms with E-state index in [9.17, 15) is 28.8 Å². The van der Waals surface area contributed by atoms with Gasteiger partial charge in [0.15, 0.2) is 23.1 Å². The molecule has 0 unspecified atom stereocenters. The minimum atomic E-state index is -1.71. The number of hydrogen-bond donors (Lipinski definition) is 0. The number of ether oxygens (including phenoxy) is 2. The van der Waals surface area contributed by atoms with Crippen LogP contribution in [0.2, 0.25) is 0 Å². The molecule has 2 saturated heterocycles. The number of carbonyl (C=O) groups is 6. The Morgan fingerprint density at radius 3 is 1.12 bits per heavy atom. The van der Waals surface area contributed by atoms with Gasteiger partial charge in [-0.15, -0.1) is 0 Å². The molecule has 2 heterocycles. The van der Waals surface area contributed by atoms with Crippen LogP contribution in [0.5, 0.6) is 0 Å². The molecule has 2 aliphatic rings. The fourth-order valence-electron chi connectivity index (χ4n) is 6.85. The summed E-state index contributed by atoms with van der Waals surface area (Å²) in [4.78, 5) is 81.0. The Balaban J connectivity index is 1.29. The SMILES string of the molecule is CC1(C)C(=O)[C@@](C)(CC(=O)c2ccc(C(=O)C[C@]3(C)C(=O)O[C@H](c4ccc(Br)cc4)C(C)(C)C3=O)cc2)C(=O)O[C@@H]1c1ccc(Br)cc1. The van der Waals surface area contributed by atoms with Crippen molar-refractivity contribution in [1.29, 1.82) is 0 Å². The zero-order chi connectivity index (χ0) is 35.4. The van der Waals surface area contributed by atoms with E-state index in [1.807, 2.05) is 0 Å². The van der Waals surface area contributed by atoms with Crippen molar-refractivity contribution >= 4 is 66.9 Å². The van der Waals surface area contributed by atoms with Crippen LogP contribution in [0, 0.1) is 21.7 Å². The Hall–Kier alpha value is -3.76. The molecule has 0 bridgehead atoms. The Labute approximate surface area is 296 Å². The Morgan fingerprint density at radius 1 is 0.542 bits per heavy atom. The molecule has 0 radical (unpaired) electrons. The molecule has 2 aliphatic heterocycles. The lowest BCUT2D eigenvalue weighted by molar-refractivity contribution is -0.189. The van der Waals surface area contributed by atoms with Gasteiger partial charge in [0.05, 0.1) is 10.8 Å². The highest BCUT2D eigenvalue weighted by Gasteiger charge is 2.60. The highest BCUT2D eigenvalue weighted by molar-refractivity contribution is 9.10. The third-order valence-electron chi connectivity index (χ3n) is 9.74. The van der Waals surface area contributed by atoms with Crippen molar-refractivity contribution in [2.45, 2.75) is 66.6 Å². The smallest absolute Gasteiger partial charge is 0.320 e. The van der Waals surface area contributed by atoms with Gasteiger partial charge in [0.1, 0.15) is 23.0 Å². The Morgan fingerprint density at radius 2 is 0.833 bits per heavy atom. The molecule has 4 atom stereocenters. The second-order valence-electron chi connectivity index (χ2n) is 14.2. The first-order valence-electron chi connectivity index (χ1n) is 15.5. The molecular formula is C38H36Br2O8. The van der Waals surface area contributed by atoms with E-state index in [0.29, 0.717) is 11.1 Å². The van der Waals surface area contributed by atoms with Gasteiger partial charge in [0.2, 0.25) is 0 Å². The number of Topliss-reactive ketones (excluding diaryl/α,β-unsaturated/α-hetero) is 4. The van der Waals surface area contributed by atoms with Crippen LogP contribution in [-0.2, 0) is 28.7 Å². The molecule has 0 spiro atoms. The molecule has 48 heavy (non-hydrogen) atoms. The summed E-state index contributed by atoms with van der Waals surface area (Å²) in [6.07, 6.45) is -2.46. The maximum Gasteiger partial charge on any atom is 0.320 e. The second kappa shape index (κ2) is 12.6. The van der Waals surface area contributed by atoms with Crippen molar-refractivity contribution in [3.8, 4) is 0 Å². The Bertz CT molecular complexity index is 1690. The van der Waals surface area contributed by atoms with Gasteiger partial charge in [0.25, 0.3) is 0 Å². The average Bonchev–Trinajstić information content (AvgIpc) is 3.04. The van der Waals surface area contributed by atoms with Gasteiger partial charge < -0.3 is 9.47 Å². The van der Waals surface area contributed by atoms with Crippen LogP contribution in [0.3, 0.4) is 0 Å². The van der Waals surface area contributed by atoms with Crippen LogP contribution in [0.25, 0.3) is 0 Å². The van der Waals surface area contributed by atoms with Crippen LogP contribution < -0.4 is 0 Å². The maximum absolute atomic E-state index is 13.8. The van der Waals surface area contributed by atoms with Gasteiger partial charge >= 0.3 is 11.9 Å². The van der Waals surface area contributed by atoms with Gasteiger partial charge in [-0.1, -0.05) is 80.4 Å². The summed E-state index contributed by atoms with van der Waals surface area (Å²) in [6, 6.07) is 20.1. The first-order chi connectivity index (χ1) is 22.3. The standard InChI is InChI=1S/C38H36Br2O8/c1-35(2)29(23-11-15-25(39)16-12-23)47-33(45)37(5,31(35)43)19-27(41)21-7-9-22(10-8-21)28(42)20-38(6)32(44)36(3,4)30(48-34(38)46)24-13-17-26(40)18-14-24/h7-18,29-30H,19-20H2,1-6H3/t29-,30-,37-,38+/m1/s1. The lowest BCUT2D eigenvalue weighted by Gasteiger charge is -2.44. The monoisotopic (exact) mass is 778 g/mol. The van der Waals surface area contributed by atoms with Crippen molar-refractivity contribution < 1.29 is 38.2 Å². The highest BCUT2D eigenvalue weighted by atomic mass is 79.9. The summed E-state index contributed by atoms with van der Waals surface area (Å²) in [7, 11) is 0. The van der Waals surface area contributed by atoms with E-state index in [2.05, 4.69) is 31.9 Å². The van der Waals surface area contributed by atoms with Crippen LogP contribution in [0.15, 0.2) is 81.7 Å². The third kappa shape index (κ3) is 6.13. The van der Waals surface area contributed by atoms with Crippen LogP contribution in [0.4, 0.5) is 0 Å². The predicted octanol–water partition coefficient (Wildman–Crippen LogP) is 8.16. The quantitative estimate of drug-likeness (QED) is 0.128. The molecular weight excluding hydrogens is 744 g/mol. The summed E-state index contributed by atoms with van der Waals surface area (Å²) in [6.45, 7) is 9.66. The number of hydrogen-bond acceptors (Lipinski definition) is 8. The van der Waals surface area contributed by atoms with Gasteiger partial charge in [-0.3, -0.25) is 28.8 Å². The molecule has 0 saturated carbocycles. The number of ketones is 4. The van der Waals surface area contributed by atoms with Crippen LogP contribution in [-0.4, -0.2) is 35.1 Å². The molecule has 0 N–H and O–H groups in total. The average molecular weight is 781 g/mol. The summed E-state index contributed by atoms with van der Waals surface area (Å²) >= 11 is 6.76. The van der Waals surface area contributed by atoms with Crippen molar-refractivity contribution in [3.05, 3.63) is 104 Å². The lowest BCUT2D eigenvalue weighted by atomic mass is 9.64. The van der Waals surface area contributed by atoms with E-state index in [-0.39, 0.29) is 11.1 Å². The Kier molecular flexibility index (Phi) is 9.33. The minimum Gasteiger partial charge on any atom is -0.456 e. The van der Waals surface area contributed by atoms with E-state index in [0.717, 1.165) is 8.95 Å². The molecule has 0 aromatic heterocycles. The van der Waals surface area contributed by atoms with E-state index in [4.69, 9.17) is 9.47 Å². The van der Waals surface area contributed by atoms with E-state index in [1.54, 1.807) is 76.2 Å². The molecule has 0 aliphatic carbocycles. The first-order valence-corrected chi connectivity index (χ1v) is 17.1. The molecule has 10 heteroatoms. The van der Waals surface area contributed by atoms with Crippen molar-refractivity contribution in [2.75, 3.05) is 0 Å². The van der Waals surface area contributed by atoms with Gasteiger partial charge in [0, 0.05) is 32.9 Å². The highest BCUT2D eigenvalue weighted by Crippen LogP contribution is 2.51. The summed E-state index contributed by atoms with van der Waals surface area (Å²) in [5.74, 6) is -3.30. The van der Waals surface area contributed by atoms with Gasteiger partial charge in [-0.05, 0) is 76.9 Å². The molecule has 250 valence electrons. The molecule has 5 rings (SSSR count). The number of cyclic esters (lactones) is 2. The fraction of sp³-hybridized carbons (Fsp3) is 0.368. The molecule has 0 amide bonds.